The molecular formula is C33H48N2+2. The predicted octanol–water partition coefficient (Wildman–Crippen LogP) is 10.1. The molecule has 0 radical (unpaired) electrons. The molecule has 0 saturated carbocycles. The van der Waals surface area contributed by atoms with Gasteiger partial charge in [-0.1, -0.05) is 92.2 Å². The van der Waals surface area contributed by atoms with Crippen molar-refractivity contribution in [2.75, 3.05) is 0 Å². The zero-order chi connectivity index (χ0) is 26.2. The summed E-state index contributed by atoms with van der Waals surface area (Å²) in [7, 11) is 0. The second-order valence-corrected chi connectivity index (χ2v) is 12.2. The van der Waals surface area contributed by atoms with Crippen molar-refractivity contribution >= 4 is 17.4 Å². The summed E-state index contributed by atoms with van der Waals surface area (Å²) in [6.07, 6.45) is 4.40. The van der Waals surface area contributed by atoms with Gasteiger partial charge < -0.3 is 0 Å². The van der Waals surface area contributed by atoms with E-state index < -0.39 is 0 Å². The van der Waals surface area contributed by atoms with Crippen LogP contribution >= 0.6 is 0 Å². The van der Waals surface area contributed by atoms with Crippen LogP contribution in [0.3, 0.4) is 0 Å². The molecule has 2 nitrogen and oxygen atoms in total. The minimum Gasteiger partial charge on any atom is -0.0587 e. The molecule has 2 aromatic rings. The molecule has 2 aromatic carbocycles. The molecule has 1 aliphatic rings. The molecule has 0 spiro atoms. The fourth-order valence-corrected chi connectivity index (χ4v) is 4.96. The van der Waals surface area contributed by atoms with E-state index in [2.05, 4.69) is 135 Å². The molecule has 3 rings (SSSR count). The zero-order valence-corrected chi connectivity index (χ0v) is 24.3. The summed E-state index contributed by atoms with van der Waals surface area (Å²) in [5.41, 5.74) is 11.1. The molecule has 1 heterocycles. The van der Waals surface area contributed by atoms with Crippen LogP contribution in [0.25, 0.3) is 0 Å². The van der Waals surface area contributed by atoms with Crippen LogP contribution in [-0.2, 0) is 0 Å². The Kier molecular flexibility index (Phi) is 8.28. The van der Waals surface area contributed by atoms with Gasteiger partial charge in [-0.05, 0) is 70.9 Å². The second kappa shape index (κ2) is 10.7. The van der Waals surface area contributed by atoms with Gasteiger partial charge in [0.25, 0.3) is 12.4 Å². The van der Waals surface area contributed by atoms with Crippen molar-refractivity contribution in [1.29, 1.82) is 0 Å². The maximum absolute atomic E-state index is 3.76. The molecule has 0 saturated heterocycles. The van der Waals surface area contributed by atoms with Crippen molar-refractivity contribution in [3.8, 4) is 0 Å². The van der Waals surface area contributed by atoms with Crippen LogP contribution in [0.5, 0.6) is 0 Å². The molecule has 0 aliphatic carbocycles. The molecule has 0 aromatic heterocycles. The maximum Gasteiger partial charge on any atom is 0.501 e. The molecule has 0 bridgehead atoms. The second-order valence-electron chi connectivity index (χ2n) is 12.2. The lowest BCUT2D eigenvalue weighted by Gasteiger charge is -2.17. The van der Waals surface area contributed by atoms with Gasteiger partial charge in [0.2, 0.25) is 11.4 Å². The Morgan fingerprint density at radius 3 is 0.886 bits per heavy atom. The quantitative estimate of drug-likeness (QED) is 0.337. The third kappa shape index (κ3) is 5.54. The Hall–Kier alpha value is -2.44. The Balaban J connectivity index is 2.37. The van der Waals surface area contributed by atoms with E-state index in [1.807, 2.05) is 0 Å². The highest BCUT2D eigenvalue weighted by Gasteiger charge is 2.33. The average molecular weight is 473 g/mol. The third-order valence-corrected chi connectivity index (χ3v) is 7.27. The topological polar surface area (TPSA) is 6.02 Å². The molecule has 35 heavy (non-hydrogen) atoms. The van der Waals surface area contributed by atoms with Crippen LogP contribution in [0.4, 0.5) is 11.4 Å². The fraction of sp³-hybridized carbons (Fsp3) is 0.545. The van der Waals surface area contributed by atoms with E-state index in [1.165, 1.54) is 44.8 Å². The van der Waals surface area contributed by atoms with Crippen LogP contribution in [0.15, 0.2) is 36.7 Å². The molecule has 0 unspecified atom stereocenters. The number of hydrogen-bond acceptors (Lipinski definition) is 0. The Morgan fingerprint density at radius 1 is 0.429 bits per heavy atom. The summed E-state index contributed by atoms with van der Waals surface area (Å²) < 4.78 is 4.50. The van der Waals surface area contributed by atoms with Gasteiger partial charge in [-0.25, -0.2) is 0 Å². The molecule has 1 aliphatic heterocycles. The fourth-order valence-electron chi connectivity index (χ4n) is 4.96. The summed E-state index contributed by atoms with van der Waals surface area (Å²) in [4.78, 5) is 0. The van der Waals surface area contributed by atoms with E-state index in [0.29, 0.717) is 35.5 Å². The highest BCUT2D eigenvalue weighted by molar-refractivity contribution is 5.59. The minimum absolute atomic E-state index is 0.438. The van der Waals surface area contributed by atoms with E-state index in [4.69, 9.17) is 0 Å². The first-order valence-corrected chi connectivity index (χ1v) is 13.7. The maximum atomic E-state index is 3.76. The molecule has 0 amide bonds. The first-order valence-electron chi connectivity index (χ1n) is 13.7. The lowest BCUT2D eigenvalue weighted by Crippen LogP contribution is -2.09. The van der Waals surface area contributed by atoms with E-state index in [1.54, 1.807) is 0 Å². The van der Waals surface area contributed by atoms with E-state index in [9.17, 15) is 0 Å². The van der Waals surface area contributed by atoms with Crippen molar-refractivity contribution in [2.45, 2.75) is 119 Å². The number of rotatable bonds is 8. The van der Waals surface area contributed by atoms with Crippen LogP contribution < -0.4 is 0 Å². The average Bonchev–Trinajstić information content (AvgIpc) is 3.26. The minimum atomic E-state index is 0.438. The van der Waals surface area contributed by atoms with Crippen LogP contribution in [-0.4, -0.2) is 15.2 Å². The van der Waals surface area contributed by atoms with Crippen molar-refractivity contribution in [1.82, 2.24) is 0 Å². The smallest absolute Gasteiger partial charge is 0.0587 e. The molecule has 0 atom stereocenters. The van der Waals surface area contributed by atoms with Gasteiger partial charge in [-0.15, -0.1) is 0 Å². The van der Waals surface area contributed by atoms with Gasteiger partial charge in [-0.2, -0.15) is 0 Å². The molecule has 2 heteroatoms. The summed E-state index contributed by atoms with van der Waals surface area (Å²) in [6, 6.07) is 13.4. The van der Waals surface area contributed by atoms with E-state index >= 15 is 0 Å². The molecular weight excluding hydrogens is 424 g/mol. The summed E-state index contributed by atoms with van der Waals surface area (Å²) >= 11 is 0. The van der Waals surface area contributed by atoms with Gasteiger partial charge in [0.15, 0.2) is 0 Å². The van der Waals surface area contributed by atoms with Crippen molar-refractivity contribution in [2.24, 2.45) is 0 Å². The van der Waals surface area contributed by atoms with Crippen LogP contribution in [0.2, 0.25) is 0 Å². The van der Waals surface area contributed by atoms with Crippen molar-refractivity contribution in [3.05, 3.63) is 70.0 Å². The van der Waals surface area contributed by atoms with E-state index in [-0.39, 0.29) is 0 Å². The Labute approximate surface area is 215 Å². The molecule has 0 fully saturated rings. The van der Waals surface area contributed by atoms with Gasteiger partial charge >= 0.3 is 6.01 Å². The number of nitrogens with zero attached hydrogens (tertiary/aromatic N) is 2. The van der Waals surface area contributed by atoms with Gasteiger partial charge in [0, 0.05) is 22.3 Å². The van der Waals surface area contributed by atoms with Crippen LogP contribution in [0.1, 0.15) is 152 Å². The first kappa shape index (κ1) is 27.2. The predicted molar refractivity (Wildman–Crippen MR) is 151 cm³/mol. The van der Waals surface area contributed by atoms with Gasteiger partial charge in [0.1, 0.15) is 0 Å². The lowest BCUT2D eigenvalue weighted by atomic mass is 9.87. The highest BCUT2D eigenvalue weighted by atomic mass is 15.1. The van der Waals surface area contributed by atoms with Crippen molar-refractivity contribution in [3.63, 3.8) is 0 Å². The van der Waals surface area contributed by atoms with Gasteiger partial charge in [0.05, 0.1) is 0 Å². The number of benzene rings is 2. The van der Waals surface area contributed by atoms with E-state index in [0.717, 1.165) is 0 Å². The number of hydrogen-bond donors (Lipinski definition) is 0. The third-order valence-electron chi connectivity index (χ3n) is 7.27. The van der Waals surface area contributed by atoms with Gasteiger partial charge in [-0.3, -0.25) is 0 Å². The SMILES string of the molecule is CC(C)c1cc(C(C)C)c([N+]2=C=[N+](c3c(C(C)C)cc(C(C)C)cc3C(C)C)C=C2)c(C(C)C)c1. The summed E-state index contributed by atoms with van der Waals surface area (Å²) in [5, 5.41) is 0. The van der Waals surface area contributed by atoms with Crippen molar-refractivity contribution < 1.29 is 9.15 Å². The molecule has 0 N–H and O–H groups in total. The highest BCUT2D eigenvalue weighted by Crippen LogP contribution is 2.40. The monoisotopic (exact) mass is 472 g/mol. The van der Waals surface area contributed by atoms with Crippen LogP contribution in [0, 0.1) is 0 Å². The lowest BCUT2D eigenvalue weighted by molar-refractivity contribution is -0.388. The Morgan fingerprint density at radius 2 is 0.686 bits per heavy atom. The molecule has 188 valence electrons. The Bertz CT molecular complexity index is 1030. The normalized spacial score (nSPS) is 13.9. The zero-order valence-electron chi connectivity index (χ0n) is 24.3. The first-order chi connectivity index (χ1) is 16.3. The summed E-state index contributed by atoms with van der Waals surface area (Å²) in [5.74, 6) is 2.78. The largest absolute Gasteiger partial charge is 0.501 e. The standard InChI is InChI=1S/C33H48N2/c1-20(2)26-15-28(22(5)6)32(29(16-26)23(7)8)34-13-14-35(19-34)33-30(24(9)10)17-27(21(3)4)18-31(33)25(11)12/h13-18,20-25H,1-12H3/q+2. The summed E-state index contributed by atoms with van der Waals surface area (Å²) in [6.45, 7) is 27.6.